The molecule has 138 valence electrons. The Morgan fingerprint density at radius 3 is 2.52 bits per heavy atom. The summed E-state index contributed by atoms with van der Waals surface area (Å²) in [6, 6.07) is 13.4. The average molecular weight is 361 g/mol. The van der Waals surface area contributed by atoms with Crippen molar-refractivity contribution in [3.63, 3.8) is 0 Å². The number of nitrogens with one attached hydrogen (secondary N) is 1. The second-order valence-electron chi connectivity index (χ2n) is 6.51. The lowest BCUT2D eigenvalue weighted by Gasteiger charge is -2.16. The minimum Gasteiger partial charge on any atom is -0.340 e. The van der Waals surface area contributed by atoms with Crippen LogP contribution in [0.25, 0.3) is 0 Å². The van der Waals surface area contributed by atoms with Crippen LogP contribution in [0.1, 0.15) is 27.2 Å². The molecule has 0 aliphatic rings. The summed E-state index contributed by atoms with van der Waals surface area (Å²) in [7, 11) is 1.77. The van der Waals surface area contributed by atoms with E-state index in [1.165, 1.54) is 5.56 Å². The zero-order valence-electron chi connectivity index (χ0n) is 15.8. The number of nitrogens with zero attached hydrogens (tertiary/aromatic N) is 4. The first-order chi connectivity index (χ1) is 13.0. The molecule has 0 unspecified atom stereocenters. The molecule has 6 heteroatoms. The van der Waals surface area contributed by atoms with Crippen molar-refractivity contribution in [2.24, 2.45) is 0 Å². The summed E-state index contributed by atoms with van der Waals surface area (Å²) in [5, 5.41) is 11.5. The molecule has 0 saturated heterocycles. The molecule has 0 spiro atoms. The van der Waals surface area contributed by atoms with Crippen molar-refractivity contribution in [1.82, 2.24) is 20.1 Å². The maximum absolute atomic E-state index is 12.5. The molecule has 6 nitrogen and oxygen atoms in total. The molecular formula is C21H23N5O. The molecule has 0 atom stereocenters. The number of pyridine rings is 1. The number of hydrogen-bond acceptors (Lipinski definition) is 5. The number of carbonyl (C=O) groups excluding carboxylic acids is 1. The van der Waals surface area contributed by atoms with Gasteiger partial charge in [0.15, 0.2) is 11.5 Å². The number of aryl methyl sites for hydroxylation is 1. The SMILES string of the molecule is Cc1cccc(Nc2ccc(C(=O)N(C)CCc3ccncc3)nn2)c1C. The summed E-state index contributed by atoms with van der Waals surface area (Å²) >= 11 is 0. The van der Waals surface area contributed by atoms with E-state index in [1.807, 2.05) is 24.3 Å². The van der Waals surface area contributed by atoms with E-state index in [9.17, 15) is 4.79 Å². The number of rotatable bonds is 6. The van der Waals surface area contributed by atoms with Gasteiger partial charge in [0, 0.05) is 31.7 Å². The minimum atomic E-state index is -0.144. The van der Waals surface area contributed by atoms with E-state index in [4.69, 9.17) is 0 Å². The summed E-state index contributed by atoms with van der Waals surface area (Å²) < 4.78 is 0. The maximum Gasteiger partial charge on any atom is 0.274 e. The van der Waals surface area contributed by atoms with Crippen LogP contribution in [-0.2, 0) is 6.42 Å². The Labute approximate surface area is 159 Å². The quantitative estimate of drug-likeness (QED) is 0.727. The van der Waals surface area contributed by atoms with Crippen molar-refractivity contribution in [2.45, 2.75) is 20.3 Å². The van der Waals surface area contributed by atoms with Crippen molar-refractivity contribution in [1.29, 1.82) is 0 Å². The van der Waals surface area contributed by atoms with Crippen molar-refractivity contribution < 1.29 is 4.79 Å². The Balaban J connectivity index is 1.62. The molecule has 3 rings (SSSR count). The van der Waals surface area contributed by atoms with Crippen LogP contribution in [0, 0.1) is 13.8 Å². The number of aromatic nitrogens is 3. The second kappa shape index (κ2) is 8.40. The normalized spacial score (nSPS) is 10.5. The summed E-state index contributed by atoms with van der Waals surface area (Å²) in [5.74, 6) is 0.467. The Kier molecular flexibility index (Phi) is 5.76. The van der Waals surface area contributed by atoms with Gasteiger partial charge in [0.1, 0.15) is 0 Å². The lowest BCUT2D eigenvalue weighted by Crippen LogP contribution is -2.29. The predicted molar refractivity (Wildman–Crippen MR) is 106 cm³/mol. The number of benzene rings is 1. The van der Waals surface area contributed by atoms with E-state index in [-0.39, 0.29) is 5.91 Å². The van der Waals surface area contributed by atoms with E-state index in [0.717, 1.165) is 23.2 Å². The topological polar surface area (TPSA) is 71.0 Å². The number of amides is 1. The van der Waals surface area contributed by atoms with Gasteiger partial charge in [-0.05, 0) is 67.3 Å². The first kappa shape index (κ1) is 18.5. The van der Waals surface area contributed by atoms with Gasteiger partial charge in [-0.25, -0.2) is 0 Å². The fourth-order valence-corrected chi connectivity index (χ4v) is 2.68. The van der Waals surface area contributed by atoms with E-state index in [1.54, 1.807) is 36.5 Å². The number of likely N-dealkylation sites (N-methyl/N-ethyl adjacent to an activating group) is 1. The van der Waals surface area contributed by atoms with Gasteiger partial charge >= 0.3 is 0 Å². The molecule has 0 aliphatic carbocycles. The first-order valence-electron chi connectivity index (χ1n) is 8.86. The van der Waals surface area contributed by atoms with Gasteiger partial charge in [-0.15, -0.1) is 10.2 Å². The van der Waals surface area contributed by atoms with E-state index >= 15 is 0 Å². The predicted octanol–water partition coefficient (Wildman–Crippen LogP) is 3.55. The third-order valence-electron chi connectivity index (χ3n) is 4.58. The van der Waals surface area contributed by atoms with Gasteiger partial charge < -0.3 is 10.2 Å². The third kappa shape index (κ3) is 4.67. The van der Waals surface area contributed by atoms with Crippen LogP contribution in [0.4, 0.5) is 11.5 Å². The maximum atomic E-state index is 12.5. The number of hydrogen-bond donors (Lipinski definition) is 1. The molecule has 1 amide bonds. The highest BCUT2D eigenvalue weighted by Crippen LogP contribution is 2.21. The standard InChI is InChI=1S/C21H23N5O/c1-15-5-4-6-18(16(15)2)23-20-8-7-19(24-25-20)21(27)26(3)14-11-17-9-12-22-13-10-17/h4-10,12-13H,11,14H2,1-3H3,(H,23,25). The molecule has 27 heavy (non-hydrogen) atoms. The molecule has 0 bridgehead atoms. The third-order valence-corrected chi connectivity index (χ3v) is 4.58. The van der Waals surface area contributed by atoms with Gasteiger partial charge in [0.25, 0.3) is 5.91 Å². The van der Waals surface area contributed by atoms with Crippen LogP contribution in [0.3, 0.4) is 0 Å². The van der Waals surface area contributed by atoms with Gasteiger partial charge in [0.05, 0.1) is 0 Å². The van der Waals surface area contributed by atoms with Crippen molar-refractivity contribution in [2.75, 3.05) is 18.9 Å². The summed E-state index contributed by atoms with van der Waals surface area (Å²) in [6.45, 7) is 4.73. The Morgan fingerprint density at radius 1 is 1.04 bits per heavy atom. The first-order valence-corrected chi connectivity index (χ1v) is 8.86. The lowest BCUT2D eigenvalue weighted by molar-refractivity contribution is 0.0789. The number of anilines is 2. The van der Waals surface area contributed by atoms with Crippen LogP contribution >= 0.6 is 0 Å². The molecule has 2 heterocycles. The Hall–Kier alpha value is -3.28. The van der Waals surface area contributed by atoms with Gasteiger partial charge in [-0.2, -0.15) is 0 Å². The van der Waals surface area contributed by atoms with Crippen LogP contribution in [0.5, 0.6) is 0 Å². The van der Waals surface area contributed by atoms with Crippen molar-refractivity contribution >= 4 is 17.4 Å². The highest BCUT2D eigenvalue weighted by Gasteiger charge is 2.14. The molecular weight excluding hydrogens is 338 g/mol. The fraction of sp³-hybridized carbons (Fsp3) is 0.238. The van der Waals surface area contributed by atoms with E-state index in [0.29, 0.717) is 18.1 Å². The summed E-state index contributed by atoms with van der Waals surface area (Å²) in [5.41, 5.74) is 4.83. The van der Waals surface area contributed by atoms with Crippen LogP contribution in [0.15, 0.2) is 54.9 Å². The molecule has 1 N–H and O–H groups in total. The van der Waals surface area contributed by atoms with Crippen molar-refractivity contribution in [3.05, 3.63) is 77.2 Å². The molecule has 0 radical (unpaired) electrons. The van der Waals surface area contributed by atoms with Crippen molar-refractivity contribution in [3.8, 4) is 0 Å². The van der Waals surface area contributed by atoms with Gasteiger partial charge in [-0.1, -0.05) is 12.1 Å². The largest absolute Gasteiger partial charge is 0.340 e. The highest BCUT2D eigenvalue weighted by molar-refractivity contribution is 5.92. The van der Waals surface area contributed by atoms with E-state index < -0.39 is 0 Å². The summed E-state index contributed by atoms with van der Waals surface area (Å²) in [4.78, 5) is 18.2. The van der Waals surface area contributed by atoms with Gasteiger partial charge in [0.2, 0.25) is 0 Å². The van der Waals surface area contributed by atoms with Crippen LogP contribution in [-0.4, -0.2) is 39.6 Å². The lowest BCUT2D eigenvalue weighted by atomic mass is 10.1. The fourth-order valence-electron chi connectivity index (χ4n) is 2.68. The molecule has 2 aromatic heterocycles. The average Bonchev–Trinajstić information content (AvgIpc) is 2.70. The molecule has 0 saturated carbocycles. The zero-order chi connectivity index (χ0) is 19.2. The van der Waals surface area contributed by atoms with Crippen LogP contribution in [0.2, 0.25) is 0 Å². The molecule has 1 aromatic carbocycles. The molecule has 0 fully saturated rings. The van der Waals surface area contributed by atoms with Gasteiger partial charge in [-0.3, -0.25) is 9.78 Å². The smallest absolute Gasteiger partial charge is 0.274 e. The monoisotopic (exact) mass is 361 g/mol. The van der Waals surface area contributed by atoms with Crippen LogP contribution < -0.4 is 5.32 Å². The zero-order valence-corrected chi connectivity index (χ0v) is 15.8. The second-order valence-corrected chi connectivity index (χ2v) is 6.51. The highest BCUT2D eigenvalue weighted by atomic mass is 16.2. The number of carbonyl (C=O) groups is 1. The van der Waals surface area contributed by atoms with E-state index in [2.05, 4.69) is 40.4 Å². The molecule has 0 aliphatic heterocycles. The molecule has 3 aromatic rings. The Morgan fingerprint density at radius 2 is 1.81 bits per heavy atom. The minimum absolute atomic E-state index is 0.144. The summed E-state index contributed by atoms with van der Waals surface area (Å²) in [6.07, 6.45) is 4.28. The Bertz CT molecular complexity index is 910.